The number of hydrogen-bond acceptors (Lipinski definition) is 6. The van der Waals surface area contributed by atoms with E-state index < -0.39 is 30.1 Å². The molecule has 0 aliphatic carbocycles. The molecule has 9 heteroatoms. The van der Waals surface area contributed by atoms with Crippen molar-refractivity contribution in [2.45, 2.75) is 18.8 Å². The van der Waals surface area contributed by atoms with Crippen LogP contribution in [0.25, 0.3) is 0 Å². The van der Waals surface area contributed by atoms with Crippen LogP contribution in [0.1, 0.15) is 17.0 Å². The van der Waals surface area contributed by atoms with Gasteiger partial charge in [0, 0.05) is 19.2 Å². The van der Waals surface area contributed by atoms with Crippen molar-refractivity contribution < 1.29 is 28.3 Å². The average Bonchev–Trinajstić information content (AvgIpc) is 3.32. The van der Waals surface area contributed by atoms with Gasteiger partial charge in [-0.2, -0.15) is 0 Å². The summed E-state index contributed by atoms with van der Waals surface area (Å²) in [6.07, 6.45) is 0.428. The summed E-state index contributed by atoms with van der Waals surface area (Å²) < 4.78 is 15.5. The highest BCUT2D eigenvalue weighted by molar-refractivity contribution is 6.31. The van der Waals surface area contributed by atoms with Crippen molar-refractivity contribution in [3.05, 3.63) is 53.4 Å². The van der Waals surface area contributed by atoms with Gasteiger partial charge in [0.15, 0.2) is 12.1 Å². The lowest BCUT2D eigenvalue weighted by molar-refractivity contribution is -0.128. The molecule has 0 radical (unpaired) electrons. The highest BCUT2D eigenvalue weighted by Crippen LogP contribution is 2.28. The van der Waals surface area contributed by atoms with Gasteiger partial charge in [-0.25, -0.2) is 4.90 Å². The van der Waals surface area contributed by atoms with Crippen LogP contribution in [0.5, 0.6) is 0 Å². The molecule has 0 saturated carbocycles. The highest BCUT2D eigenvalue weighted by Gasteiger charge is 2.45. The maximum Gasteiger partial charge on any atom is 0.290 e. The quantitative estimate of drug-likeness (QED) is 0.518. The summed E-state index contributed by atoms with van der Waals surface area (Å²) in [6.45, 7) is -0.0509. The summed E-state index contributed by atoms with van der Waals surface area (Å²) >= 11 is 5.88. The zero-order valence-electron chi connectivity index (χ0n) is 15.3. The molecule has 1 atom stereocenters. The summed E-state index contributed by atoms with van der Waals surface area (Å²) in [5.74, 6) is -1.41. The molecule has 1 aliphatic heterocycles. The predicted molar refractivity (Wildman–Crippen MR) is 99.9 cm³/mol. The molecular weight excluding hydrogens is 388 g/mol. The van der Waals surface area contributed by atoms with Gasteiger partial charge in [0.1, 0.15) is 6.04 Å². The van der Waals surface area contributed by atoms with Crippen LogP contribution < -0.4 is 4.90 Å². The Balaban J connectivity index is 1.91. The number of ether oxygens (including phenoxy) is 2. The first-order chi connectivity index (χ1) is 13.5. The molecule has 1 saturated heterocycles. The first-order valence-electron chi connectivity index (χ1n) is 8.48. The number of benzene rings is 1. The van der Waals surface area contributed by atoms with Crippen LogP contribution >= 0.6 is 11.6 Å². The smallest absolute Gasteiger partial charge is 0.290 e. The van der Waals surface area contributed by atoms with Crippen molar-refractivity contribution in [1.29, 1.82) is 0 Å². The van der Waals surface area contributed by atoms with Crippen molar-refractivity contribution in [3.8, 4) is 0 Å². The molecule has 0 spiro atoms. The SMILES string of the molecule is COC(CN(C(=O)c1ccco1)C1CC(=O)N(c2ccc(Cl)cc2)C1=O)OC. The zero-order valence-corrected chi connectivity index (χ0v) is 16.1. The van der Waals surface area contributed by atoms with E-state index in [1.54, 1.807) is 30.3 Å². The van der Waals surface area contributed by atoms with Gasteiger partial charge >= 0.3 is 0 Å². The fraction of sp³-hybridized carbons (Fsp3) is 0.316. The van der Waals surface area contributed by atoms with Crippen LogP contribution in [0.15, 0.2) is 47.1 Å². The minimum absolute atomic E-state index is 0.0509. The number of methoxy groups -OCH3 is 2. The molecule has 0 bridgehead atoms. The van der Waals surface area contributed by atoms with Gasteiger partial charge in [0.05, 0.1) is 24.9 Å². The monoisotopic (exact) mass is 406 g/mol. The van der Waals surface area contributed by atoms with Gasteiger partial charge in [-0.15, -0.1) is 0 Å². The van der Waals surface area contributed by atoms with Crippen LogP contribution in [0.4, 0.5) is 5.69 Å². The number of hydrogen-bond donors (Lipinski definition) is 0. The number of amides is 3. The van der Waals surface area contributed by atoms with Crippen LogP contribution in [0.2, 0.25) is 5.02 Å². The van der Waals surface area contributed by atoms with Gasteiger partial charge in [-0.1, -0.05) is 11.6 Å². The van der Waals surface area contributed by atoms with Gasteiger partial charge < -0.3 is 18.8 Å². The van der Waals surface area contributed by atoms with Crippen molar-refractivity contribution in [2.24, 2.45) is 0 Å². The van der Waals surface area contributed by atoms with E-state index in [1.807, 2.05) is 0 Å². The lowest BCUT2D eigenvalue weighted by Gasteiger charge is -2.29. The minimum Gasteiger partial charge on any atom is -0.459 e. The first-order valence-corrected chi connectivity index (χ1v) is 8.86. The van der Waals surface area contributed by atoms with E-state index in [0.717, 1.165) is 4.90 Å². The number of rotatable bonds is 7. The van der Waals surface area contributed by atoms with Crippen LogP contribution in [0, 0.1) is 0 Å². The molecule has 1 aromatic carbocycles. The summed E-state index contributed by atoms with van der Waals surface area (Å²) in [4.78, 5) is 40.8. The maximum absolute atomic E-state index is 13.0. The second kappa shape index (κ2) is 8.55. The van der Waals surface area contributed by atoms with Crippen LogP contribution in [-0.2, 0) is 19.1 Å². The van der Waals surface area contributed by atoms with E-state index in [0.29, 0.717) is 10.7 Å². The van der Waals surface area contributed by atoms with Crippen LogP contribution in [0.3, 0.4) is 0 Å². The Morgan fingerprint density at radius 2 is 1.93 bits per heavy atom. The van der Waals surface area contributed by atoms with E-state index in [9.17, 15) is 14.4 Å². The number of imide groups is 1. The maximum atomic E-state index is 13.0. The van der Waals surface area contributed by atoms with Crippen molar-refractivity contribution in [3.63, 3.8) is 0 Å². The normalized spacial score (nSPS) is 16.9. The lowest BCUT2D eigenvalue weighted by atomic mass is 10.2. The number of furan rings is 1. The Kier molecular flexibility index (Phi) is 6.13. The first kappa shape index (κ1) is 20.1. The number of carbonyl (C=O) groups excluding carboxylic acids is 3. The molecule has 148 valence electrons. The fourth-order valence-electron chi connectivity index (χ4n) is 3.02. The van der Waals surface area contributed by atoms with Gasteiger partial charge in [-0.3, -0.25) is 14.4 Å². The van der Waals surface area contributed by atoms with E-state index in [-0.39, 0.29) is 18.7 Å². The molecule has 1 aromatic heterocycles. The Morgan fingerprint density at radius 3 is 2.50 bits per heavy atom. The van der Waals surface area contributed by atoms with Crippen LogP contribution in [-0.4, -0.2) is 55.7 Å². The molecule has 1 aliphatic rings. The second-order valence-electron chi connectivity index (χ2n) is 6.10. The molecular formula is C19H19ClN2O6. The number of anilines is 1. The number of nitrogens with zero attached hydrogens (tertiary/aromatic N) is 2. The van der Waals surface area contributed by atoms with Crippen molar-refractivity contribution >= 4 is 35.0 Å². The summed E-state index contributed by atoms with van der Waals surface area (Å²) in [5, 5.41) is 0.483. The number of carbonyl (C=O) groups is 3. The summed E-state index contributed by atoms with van der Waals surface area (Å²) in [7, 11) is 2.84. The summed E-state index contributed by atoms with van der Waals surface area (Å²) in [6, 6.07) is 8.37. The molecule has 0 N–H and O–H groups in total. The Labute approximate surface area is 166 Å². The van der Waals surface area contributed by atoms with Gasteiger partial charge in [0.25, 0.3) is 11.8 Å². The Morgan fingerprint density at radius 1 is 1.25 bits per heavy atom. The van der Waals surface area contributed by atoms with Crippen molar-refractivity contribution in [1.82, 2.24) is 4.90 Å². The minimum atomic E-state index is -1.01. The average molecular weight is 407 g/mol. The van der Waals surface area contributed by atoms with E-state index in [4.69, 9.17) is 25.5 Å². The second-order valence-corrected chi connectivity index (χ2v) is 6.54. The number of halogens is 1. The van der Waals surface area contributed by atoms with E-state index >= 15 is 0 Å². The molecule has 8 nitrogen and oxygen atoms in total. The highest BCUT2D eigenvalue weighted by atomic mass is 35.5. The summed E-state index contributed by atoms with van der Waals surface area (Å²) in [5.41, 5.74) is 0.391. The molecule has 2 heterocycles. The third-order valence-electron chi connectivity index (χ3n) is 4.45. The zero-order chi connectivity index (χ0) is 20.3. The third-order valence-corrected chi connectivity index (χ3v) is 4.70. The van der Waals surface area contributed by atoms with E-state index in [2.05, 4.69) is 0 Å². The molecule has 3 amide bonds. The molecule has 28 heavy (non-hydrogen) atoms. The third kappa shape index (κ3) is 3.94. The molecule has 2 aromatic rings. The van der Waals surface area contributed by atoms with Gasteiger partial charge in [0.2, 0.25) is 5.91 Å². The Hall–Kier alpha value is -2.68. The molecule has 3 rings (SSSR count). The topological polar surface area (TPSA) is 89.3 Å². The molecule has 1 unspecified atom stereocenters. The standard InChI is InChI=1S/C19H19ClN2O6/c1-26-17(27-2)11-21(19(25)15-4-3-9-28-15)14-10-16(23)22(18(14)24)13-7-5-12(20)6-8-13/h3-9,14,17H,10-11H2,1-2H3. The van der Waals surface area contributed by atoms with Gasteiger partial charge in [-0.05, 0) is 36.4 Å². The van der Waals surface area contributed by atoms with Crippen molar-refractivity contribution in [2.75, 3.05) is 25.7 Å². The fourth-order valence-corrected chi connectivity index (χ4v) is 3.15. The van der Waals surface area contributed by atoms with E-state index in [1.165, 1.54) is 31.4 Å². The lowest BCUT2D eigenvalue weighted by Crippen LogP contribution is -2.49. The predicted octanol–water partition coefficient (Wildman–Crippen LogP) is 2.33. The Bertz CT molecular complexity index is 848. The molecule has 1 fully saturated rings. The largest absolute Gasteiger partial charge is 0.459 e.